The van der Waals surface area contributed by atoms with E-state index in [-0.39, 0.29) is 12.3 Å². The molecular formula is C18H21F3N6O3. The number of anilines is 1. The lowest BCUT2D eigenvalue weighted by molar-refractivity contribution is -0.142. The molecule has 162 valence electrons. The molecule has 0 saturated carbocycles. The smallest absolute Gasteiger partial charge is 0.407 e. The second kappa shape index (κ2) is 8.22. The van der Waals surface area contributed by atoms with Gasteiger partial charge in [-0.25, -0.2) is 10.4 Å². The SMILES string of the molecule is CNN(CC(F)(F)F)C(=N)c1cn2c(n1)-c1ccc(N[C@@H](C)C(=O)O)cc1OCC2. The van der Waals surface area contributed by atoms with Gasteiger partial charge in [-0.2, -0.15) is 13.2 Å². The fourth-order valence-electron chi connectivity index (χ4n) is 2.98. The number of imidazole rings is 1. The zero-order valence-electron chi connectivity index (χ0n) is 16.2. The molecule has 1 aromatic heterocycles. The molecule has 0 saturated heterocycles. The Morgan fingerprint density at radius 2 is 2.20 bits per heavy atom. The van der Waals surface area contributed by atoms with Gasteiger partial charge in [0.2, 0.25) is 0 Å². The topological polar surface area (TPSA) is 116 Å². The number of fused-ring (bicyclic) bond motifs is 3. The van der Waals surface area contributed by atoms with E-state index >= 15 is 0 Å². The predicted molar refractivity (Wildman–Crippen MR) is 103 cm³/mol. The number of rotatable bonds is 6. The van der Waals surface area contributed by atoms with E-state index in [9.17, 15) is 18.0 Å². The van der Waals surface area contributed by atoms with E-state index in [1.165, 1.54) is 20.2 Å². The summed E-state index contributed by atoms with van der Waals surface area (Å²) in [6, 6.07) is 4.20. The maximum atomic E-state index is 12.8. The van der Waals surface area contributed by atoms with Crippen LogP contribution in [-0.2, 0) is 11.3 Å². The van der Waals surface area contributed by atoms with Gasteiger partial charge >= 0.3 is 12.1 Å². The Labute approximate surface area is 169 Å². The van der Waals surface area contributed by atoms with Crippen molar-refractivity contribution in [1.29, 1.82) is 5.41 Å². The molecule has 12 heteroatoms. The number of nitrogens with one attached hydrogen (secondary N) is 3. The molecule has 1 aromatic carbocycles. The van der Waals surface area contributed by atoms with Crippen LogP contribution in [0.2, 0.25) is 0 Å². The number of alkyl halides is 3. The van der Waals surface area contributed by atoms with Gasteiger partial charge in [-0.05, 0) is 19.1 Å². The number of hydrogen-bond acceptors (Lipinski definition) is 6. The molecule has 0 radical (unpaired) electrons. The largest absolute Gasteiger partial charge is 0.491 e. The highest BCUT2D eigenvalue weighted by molar-refractivity contribution is 5.95. The van der Waals surface area contributed by atoms with Crippen molar-refractivity contribution < 1.29 is 27.8 Å². The number of amidine groups is 1. The van der Waals surface area contributed by atoms with E-state index in [0.29, 0.717) is 34.4 Å². The molecule has 2 aromatic rings. The number of hydrazine groups is 1. The molecule has 0 amide bonds. The molecule has 1 aliphatic rings. The first-order chi connectivity index (χ1) is 14.1. The van der Waals surface area contributed by atoms with Gasteiger partial charge in [-0.1, -0.05) is 0 Å². The van der Waals surface area contributed by atoms with E-state index < -0.39 is 30.6 Å². The van der Waals surface area contributed by atoms with E-state index in [2.05, 4.69) is 15.7 Å². The highest BCUT2D eigenvalue weighted by Crippen LogP contribution is 2.34. The van der Waals surface area contributed by atoms with E-state index in [4.69, 9.17) is 15.3 Å². The lowest BCUT2D eigenvalue weighted by atomic mass is 10.1. The molecule has 2 heterocycles. The Morgan fingerprint density at radius 3 is 2.83 bits per heavy atom. The summed E-state index contributed by atoms with van der Waals surface area (Å²) in [5.41, 5.74) is 3.58. The standard InChI is InChI=1S/C18H21F3N6O3/c1-10(17(28)29)24-11-3-4-12-14(7-11)30-6-5-26-8-13(25-16(12)26)15(22)27(23-2)9-18(19,20)21/h3-4,7-8,10,22-24H,5-6,9H2,1-2H3,(H,28,29)/t10-/m0/s1. The van der Waals surface area contributed by atoms with Crippen LogP contribution in [0.1, 0.15) is 12.6 Å². The maximum Gasteiger partial charge on any atom is 0.407 e. The number of aliphatic carboxylic acids is 1. The lowest BCUT2D eigenvalue weighted by Gasteiger charge is -2.23. The van der Waals surface area contributed by atoms with Crippen LogP contribution in [0.3, 0.4) is 0 Å². The number of carboxylic acid groups (broad SMARTS) is 1. The van der Waals surface area contributed by atoms with Gasteiger partial charge in [0.05, 0.1) is 12.1 Å². The van der Waals surface area contributed by atoms with Gasteiger partial charge in [-0.3, -0.25) is 15.2 Å². The molecule has 30 heavy (non-hydrogen) atoms. The van der Waals surface area contributed by atoms with Gasteiger partial charge < -0.3 is 19.7 Å². The third kappa shape index (κ3) is 4.64. The third-order valence-corrected chi connectivity index (χ3v) is 4.46. The quantitative estimate of drug-likeness (QED) is 0.318. The van der Waals surface area contributed by atoms with Crippen LogP contribution < -0.4 is 15.5 Å². The summed E-state index contributed by atoms with van der Waals surface area (Å²) in [6.45, 7) is 0.839. The normalized spacial score (nSPS) is 14.0. The van der Waals surface area contributed by atoms with E-state index in [1.807, 2.05) is 0 Å². The Morgan fingerprint density at radius 1 is 1.47 bits per heavy atom. The molecule has 0 aliphatic carbocycles. The molecule has 0 fully saturated rings. The number of hydrogen-bond donors (Lipinski definition) is 4. The average Bonchev–Trinajstić information content (AvgIpc) is 3.01. The van der Waals surface area contributed by atoms with E-state index in [0.717, 1.165) is 0 Å². The van der Waals surface area contributed by atoms with Gasteiger partial charge in [0.25, 0.3) is 0 Å². The molecule has 4 N–H and O–H groups in total. The van der Waals surface area contributed by atoms with Crippen molar-refractivity contribution in [2.45, 2.75) is 25.7 Å². The van der Waals surface area contributed by atoms with Crippen LogP contribution in [0.25, 0.3) is 11.4 Å². The van der Waals surface area contributed by atoms with Gasteiger partial charge in [-0.15, -0.1) is 0 Å². The lowest BCUT2D eigenvalue weighted by Crippen LogP contribution is -2.46. The summed E-state index contributed by atoms with van der Waals surface area (Å²) in [5.74, 6) is -0.507. The van der Waals surface area contributed by atoms with Crippen LogP contribution in [0.5, 0.6) is 5.75 Å². The molecule has 1 aliphatic heterocycles. The van der Waals surface area contributed by atoms with Crippen molar-refractivity contribution in [3.05, 3.63) is 30.1 Å². The first-order valence-electron chi connectivity index (χ1n) is 9.03. The molecule has 0 spiro atoms. The second-order valence-electron chi connectivity index (χ2n) is 6.68. The Kier molecular flexibility index (Phi) is 5.87. The Bertz CT molecular complexity index is 959. The summed E-state index contributed by atoms with van der Waals surface area (Å²) in [7, 11) is 1.30. The molecule has 0 unspecified atom stereocenters. The zero-order valence-corrected chi connectivity index (χ0v) is 16.2. The minimum absolute atomic E-state index is 0.0816. The van der Waals surface area contributed by atoms with Crippen LogP contribution in [0.4, 0.5) is 18.9 Å². The number of benzene rings is 1. The first-order valence-corrected chi connectivity index (χ1v) is 9.03. The monoisotopic (exact) mass is 426 g/mol. The summed E-state index contributed by atoms with van der Waals surface area (Å²) in [6.07, 6.45) is -2.97. The van der Waals surface area contributed by atoms with Gasteiger partial charge in [0.15, 0.2) is 5.84 Å². The van der Waals surface area contributed by atoms with Crippen LogP contribution in [-0.4, -0.2) is 63.9 Å². The first kappa shape index (κ1) is 21.4. The average molecular weight is 426 g/mol. The molecular weight excluding hydrogens is 405 g/mol. The number of halogens is 3. The summed E-state index contributed by atoms with van der Waals surface area (Å²) in [4.78, 5) is 15.4. The van der Waals surface area contributed by atoms with E-state index in [1.54, 1.807) is 22.8 Å². The fourth-order valence-corrected chi connectivity index (χ4v) is 2.98. The van der Waals surface area contributed by atoms with Crippen molar-refractivity contribution in [3.8, 4) is 17.1 Å². The minimum Gasteiger partial charge on any atom is -0.491 e. The highest BCUT2D eigenvalue weighted by Gasteiger charge is 2.33. The number of carbonyl (C=O) groups is 1. The van der Waals surface area contributed by atoms with Crippen LogP contribution in [0, 0.1) is 5.41 Å². The summed E-state index contributed by atoms with van der Waals surface area (Å²) in [5, 5.41) is 20.7. The van der Waals surface area contributed by atoms with Crippen molar-refractivity contribution in [1.82, 2.24) is 20.0 Å². The van der Waals surface area contributed by atoms with Gasteiger partial charge in [0.1, 0.15) is 36.5 Å². The van der Waals surface area contributed by atoms with Gasteiger partial charge in [0, 0.05) is 25.0 Å². The maximum absolute atomic E-state index is 12.8. The summed E-state index contributed by atoms with van der Waals surface area (Å²) < 4.78 is 45.7. The number of carboxylic acids is 1. The number of ether oxygens (including phenoxy) is 1. The van der Waals surface area contributed by atoms with Crippen LogP contribution >= 0.6 is 0 Å². The Hall–Kier alpha value is -3.28. The zero-order chi connectivity index (χ0) is 22.1. The molecule has 9 nitrogen and oxygen atoms in total. The third-order valence-electron chi connectivity index (χ3n) is 4.46. The summed E-state index contributed by atoms with van der Waals surface area (Å²) >= 11 is 0. The predicted octanol–water partition coefficient (Wildman–Crippen LogP) is 2.15. The second-order valence-corrected chi connectivity index (χ2v) is 6.68. The fraction of sp³-hybridized carbons (Fsp3) is 0.389. The number of nitrogens with zero attached hydrogens (tertiary/aromatic N) is 3. The highest BCUT2D eigenvalue weighted by atomic mass is 19.4. The molecule has 3 rings (SSSR count). The van der Waals surface area contributed by atoms with Crippen LogP contribution in [0.15, 0.2) is 24.4 Å². The van der Waals surface area contributed by atoms with Crippen molar-refractivity contribution in [2.24, 2.45) is 0 Å². The molecule has 0 bridgehead atoms. The molecule has 1 atom stereocenters. The van der Waals surface area contributed by atoms with Crippen molar-refractivity contribution in [3.63, 3.8) is 0 Å². The van der Waals surface area contributed by atoms with Crippen molar-refractivity contribution >= 4 is 17.5 Å². The van der Waals surface area contributed by atoms with Crippen molar-refractivity contribution in [2.75, 3.05) is 25.5 Å². The minimum atomic E-state index is -4.48. The number of aromatic nitrogens is 2. The Balaban J connectivity index is 1.91.